The first-order valence-electron chi connectivity index (χ1n) is 7.37. The van der Waals surface area contributed by atoms with E-state index in [9.17, 15) is 4.79 Å². The molecule has 19 heavy (non-hydrogen) atoms. The number of carbonyl (C=O) groups is 1. The Bertz CT molecular complexity index is 503. The van der Waals surface area contributed by atoms with Crippen LogP contribution in [0.4, 0.5) is 11.4 Å². The highest BCUT2D eigenvalue weighted by Gasteiger charge is 2.47. The second-order valence-electron chi connectivity index (χ2n) is 5.81. The van der Waals surface area contributed by atoms with Gasteiger partial charge in [-0.15, -0.1) is 0 Å². The molecule has 1 aromatic rings. The summed E-state index contributed by atoms with van der Waals surface area (Å²) in [5.41, 5.74) is 3.06. The van der Waals surface area contributed by atoms with Crippen molar-refractivity contribution in [2.45, 2.75) is 51.5 Å². The second kappa shape index (κ2) is 4.55. The molecule has 1 aromatic carbocycles. The van der Waals surface area contributed by atoms with Gasteiger partial charge in [-0.05, 0) is 44.4 Å². The van der Waals surface area contributed by atoms with Crippen molar-refractivity contribution in [1.82, 2.24) is 0 Å². The summed E-state index contributed by atoms with van der Waals surface area (Å²) in [5, 5.41) is 3.14. The van der Waals surface area contributed by atoms with Gasteiger partial charge in [0.2, 0.25) is 5.91 Å². The smallest absolute Gasteiger partial charge is 0.250 e. The largest absolute Gasteiger partial charge is 0.356 e. The monoisotopic (exact) mass is 258 g/mol. The van der Waals surface area contributed by atoms with Gasteiger partial charge in [-0.3, -0.25) is 4.79 Å². The molecule has 1 spiro atoms. The Morgan fingerprint density at radius 2 is 2.00 bits per heavy atom. The molecule has 0 radical (unpaired) electrons. The predicted molar refractivity (Wildman–Crippen MR) is 78.6 cm³/mol. The highest BCUT2D eigenvalue weighted by atomic mass is 16.2. The molecule has 3 heteroatoms. The van der Waals surface area contributed by atoms with Gasteiger partial charge >= 0.3 is 0 Å². The highest BCUT2D eigenvalue weighted by Crippen LogP contribution is 2.44. The van der Waals surface area contributed by atoms with Crippen molar-refractivity contribution in [2.24, 2.45) is 0 Å². The predicted octanol–water partition coefficient (Wildman–Crippen LogP) is 3.48. The minimum Gasteiger partial charge on any atom is -0.356 e. The van der Waals surface area contributed by atoms with Crippen LogP contribution in [0.3, 0.4) is 0 Å². The highest BCUT2D eigenvalue weighted by molar-refractivity contribution is 6.06. The number of fused-ring (bicyclic) bond motifs is 1. The lowest BCUT2D eigenvalue weighted by atomic mass is 9.77. The molecule has 2 aliphatic rings. The fraction of sp³-hybridized carbons (Fsp3) is 0.562. The fourth-order valence-electron chi connectivity index (χ4n) is 3.68. The van der Waals surface area contributed by atoms with E-state index in [2.05, 4.69) is 42.3 Å². The first kappa shape index (κ1) is 12.5. The number of carbonyl (C=O) groups excluding carboxylic acids is 1. The summed E-state index contributed by atoms with van der Waals surface area (Å²) in [4.78, 5) is 15.0. The zero-order chi connectivity index (χ0) is 13.5. The standard InChI is InChI=1S/C16H22N2O/c1-3-18-14-8-7-12(2)11-13(14)17-15(19)16(18)9-5-4-6-10-16/h7-8,11H,3-6,9-10H2,1-2H3,(H,17,19). The topological polar surface area (TPSA) is 32.3 Å². The lowest BCUT2D eigenvalue weighted by molar-refractivity contribution is -0.122. The molecular weight excluding hydrogens is 236 g/mol. The van der Waals surface area contributed by atoms with Crippen molar-refractivity contribution in [1.29, 1.82) is 0 Å². The molecule has 0 bridgehead atoms. The molecule has 3 rings (SSSR count). The SMILES string of the molecule is CCN1c2ccc(C)cc2NC(=O)C12CCCCC2. The molecule has 1 saturated carbocycles. The maximum absolute atomic E-state index is 12.7. The molecule has 1 aliphatic heterocycles. The van der Waals surface area contributed by atoms with Crippen molar-refractivity contribution in [3.05, 3.63) is 23.8 Å². The zero-order valence-electron chi connectivity index (χ0n) is 11.8. The lowest BCUT2D eigenvalue weighted by Gasteiger charge is -2.49. The van der Waals surface area contributed by atoms with Crippen molar-refractivity contribution < 1.29 is 4.79 Å². The van der Waals surface area contributed by atoms with Crippen LogP contribution in [0.5, 0.6) is 0 Å². The van der Waals surface area contributed by atoms with Crippen LogP contribution in [-0.4, -0.2) is 18.0 Å². The molecule has 0 atom stereocenters. The zero-order valence-corrected chi connectivity index (χ0v) is 11.8. The number of nitrogens with one attached hydrogen (secondary N) is 1. The van der Waals surface area contributed by atoms with Gasteiger partial charge in [0.05, 0.1) is 11.4 Å². The third-order valence-corrected chi connectivity index (χ3v) is 4.63. The third kappa shape index (κ3) is 1.83. The van der Waals surface area contributed by atoms with Crippen LogP contribution in [0.2, 0.25) is 0 Å². The quantitative estimate of drug-likeness (QED) is 0.836. The summed E-state index contributed by atoms with van der Waals surface area (Å²) < 4.78 is 0. The van der Waals surface area contributed by atoms with E-state index in [1.54, 1.807) is 0 Å². The molecule has 1 N–H and O–H groups in total. The number of nitrogens with zero attached hydrogens (tertiary/aromatic N) is 1. The number of hydrogen-bond donors (Lipinski definition) is 1. The lowest BCUT2D eigenvalue weighted by Crippen LogP contribution is -2.60. The van der Waals surface area contributed by atoms with Gasteiger partial charge in [0.15, 0.2) is 0 Å². The number of hydrogen-bond acceptors (Lipinski definition) is 2. The Morgan fingerprint density at radius 3 is 2.68 bits per heavy atom. The van der Waals surface area contributed by atoms with E-state index in [0.717, 1.165) is 37.9 Å². The molecule has 1 amide bonds. The summed E-state index contributed by atoms with van der Waals surface area (Å²) in [6, 6.07) is 6.37. The Balaban J connectivity index is 2.08. The average Bonchev–Trinajstić information content (AvgIpc) is 2.42. The van der Waals surface area contributed by atoms with E-state index in [0.29, 0.717) is 0 Å². The van der Waals surface area contributed by atoms with Crippen LogP contribution >= 0.6 is 0 Å². The number of anilines is 2. The maximum Gasteiger partial charge on any atom is 0.250 e. The van der Waals surface area contributed by atoms with Gasteiger partial charge in [-0.1, -0.05) is 25.3 Å². The van der Waals surface area contributed by atoms with Gasteiger partial charge in [-0.2, -0.15) is 0 Å². The Kier molecular flexibility index (Phi) is 3.00. The summed E-state index contributed by atoms with van der Waals surface area (Å²) in [6.07, 6.45) is 5.55. The van der Waals surface area contributed by atoms with E-state index in [1.807, 2.05) is 0 Å². The number of likely N-dealkylation sites (N-methyl/N-ethyl adjacent to an activating group) is 1. The molecular formula is C16H22N2O. The van der Waals surface area contributed by atoms with Gasteiger partial charge in [0.1, 0.15) is 5.54 Å². The van der Waals surface area contributed by atoms with Crippen molar-refractivity contribution in [2.75, 3.05) is 16.8 Å². The molecule has 1 fully saturated rings. The van der Waals surface area contributed by atoms with E-state index in [4.69, 9.17) is 0 Å². The summed E-state index contributed by atoms with van der Waals surface area (Å²) in [5.74, 6) is 0.201. The molecule has 1 heterocycles. The average molecular weight is 258 g/mol. The van der Waals surface area contributed by atoms with E-state index >= 15 is 0 Å². The first-order chi connectivity index (χ1) is 9.17. The Morgan fingerprint density at radius 1 is 1.26 bits per heavy atom. The van der Waals surface area contributed by atoms with Gasteiger partial charge < -0.3 is 10.2 Å². The molecule has 0 aromatic heterocycles. The van der Waals surface area contributed by atoms with Crippen molar-refractivity contribution >= 4 is 17.3 Å². The Hall–Kier alpha value is -1.51. The minimum atomic E-state index is -0.296. The number of amides is 1. The molecule has 3 nitrogen and oxygen atoms in total. The molecule has 1 aliphatic carbocycles. The second-order valence-corrected chi connectivity index (χ2v) is 5.81. The summed E-state index contributed by atoms with van der Waals surface area (Å²) in [7, 11) is 0. The Labute approximate surface area is 115 Å². The van der Waals surface area contributed by atoms with E-state index < -0.39 is 0 Å². The number of aryl methyl sites for hydroxylation is 1. The maximum atomic E-state index is 12.7. The van der Waals surface area contributed by atoms with Gasteiger partial charge in [0, 0.05) is 6.54 Å². The van der Waals surface area contributed by atoms with Gasteiger partial charge in [0.25, 0.3) is 0 Å². The third-order valence-electron chi connectivity index (χ3n) is 4.63. The number of rotatable bonds is 1. The van der Waals surface area contributed by atoms with Crippen LogP contribution in [0.25, 0.3) is 0 Å². The van der Waals surface area contributed by atoms with E-state index in [-0.39, 0.29) is 11.4 Å². The van der Waals surface area contributed by atoms with Crippen LogP contribution in [-0.2, 0) is 4.79 Å². The molecule has 0 unspecified atom stereocenters. The molecule has 0 saturated heterocycles. The van der Waals surface area contributed by atoms with Crippen LogP contribution in [0.1, 0.15) is 44.6 Å². The number of benzene rings is 1. The van der Waals surface area contributed by atoms with Gasteiger partial charge in [-0.25, -0.2) is 0 Å². The summed E-state index contributed by atoms with van der Waals surface area (Å²) in [6.45, 7) is 5.11. The normalized spacial score (nSPS) is 21.2. The van der Waals surface area contributed by atoms with Crippen LogP contribution < -0.4 is 10.2 Å². The van der Waals surface area contributed by atoms with Crippen LogP contribution in [0, 0.1) is 6.92 Å². The van der Waals surface area contributed by atoms with E-state index in [1.165, 1.54) is 17.7 Å². The fourth-order valence-corrected chi connectivity index (χ4v) is 3.68. The van der Waals surface area contributed by atoms with Crippen LogP contribution in [0.15, 0.2) is 18.2 Å². The van der Waals surface area contributed by atoms with Crippen molar-refractivity contribution in [3.8, 4) is 0 Å². The summed E-state index contributed by atoms with van der Waals surface area (Å²) >= 11 is 0. The minimum absolute atomic E-state index is 0.201. The van der Waals surface area contributed by atoms with Crippen molar-refractivity contribution in [3.63, 3.8) is 0 Å². The molecule has 102 valence electrons. The first-order valence-corrected chi connectivity index (χ1v) is 7.37.